The van der Waals surface area contributed by atoms with Crippen LogP contribution in [0.4, 0.5) is 8.78 Å². The molecule has 5 unspecified atom stereocenters. The first-order chi connectivity index (χ1) is 9.06. The number of rotatable bonds is 3. The maximum Gasteiger partial charge on any atom is 0.465 e. The summed E-state index contributed by atoms with van der Waals surface area (Å²) in [5.41, 5.74) is -1.53. The van der Waals surface area contributed by atoms with E-state index in [1.165, 1.54) is 0 Å². The van der Waals surface area contributed by atoms with E-state index < -0.39 is 32.4 Å². The fraction of sp³-hybridized carbons (Fsp3) is 0.818. The Kier molecular flexibility index (Phi) is 1.84. The van der Waals surface area contributed by atoms with Crippen LogP contribution in [0.15, 0.2) is 0 Å². The molecule has 110 valence electrons. The van der Waals surface area contributed by atoms with Gasteiger partial charge in [0.25, 0.3) is 0 Å². The number of halogens is 2. The first-order valence-corrected chi connectivity index (χ1v) is 7.62. The molecule has 0 aromatic carbocycles. The summed E-state index contributed by atoms with van der Waals surface area (Å²) in [6.45, 7) is 0. The maximum absolute atomic E-state index is 13.2. The summed E-state index contributed by atoms with van der Waals surface area (Å²) in [4.78, 5) is 23.0. The van der Waals surface area contributed by atoms with Gasteiger partial charge >= 0.3 is 21.3 Å². The first-order valence-electron chi connectivity index (χ1n) is 6.18. The van der Waals surface area contributed by atoms with Gasteiger partial charge in [-0.25, -0.2) is 4.79 Å². The topological polar surface area (TPSA) is 97.7 Å². The van der Waals surface area contributed by atoms with Gasteiger partial charge in [0.15, 0.2) is 0 Å². The van der Waals surface area contributed by atoms with Crippen molar-refractivity contribution in [3.05, 3.63) is 0 Å². The Bertz CT molecular complexity index is 672. The van der Waals surface area contributed by atoms with Gasteiger partial charge in [-0.3, -0.25) is 9.35 Å². The number of hydrogen-bond donors (Lipinski definition) is 1. The lowest BCUT2D eigenvalue weighted by Gasteiger charge is -2.53. The molecule has 5 atom stereocenters. The molecular weight excluding hydrogens is 298 g/mol. The van der Waals surface area contributed by atoms with Gasteiger partial charge in [-0.15, -0.1) is 0 Å². The summed E-state index contributed by atoms with van der Waals surface area (Å²) in [6.07, 6.45) is 1.12. The minimum atomic E-state index is -5.86. The second-order valence-electron chi connectivity index (χ2n) is 6.26. The van der Waals surface area contributed by atoms with E-state index in [1.807, 2.05) is 0 Å². The van der Waals surface area contributed by atoms with E-state index in [0.717, 1.165) is 0 Å². The van der Waals surface area contributed by atoms with Gasteiger partial charge in [-0.1, -0.05) is 0 Å². The SMILES string of the molecule is O=C1C2CC3(OC(=O)C(F)(F)S(=O)(=O)O)CC34CC1C24. The van der Waals surface area contributed by atoms with Crippen LogP contribution >= 0.6 is 0 Å². The number of hydrogen-bond acceptors (Lipinski definition) is 5. The Labute approximate surface area is 112 Å². The molecule has 6 nitrogen and oxygen atoms in total. The van der Waals surface area contributed by atoms with E-state index in [1.54, 1.807) is 0 Å². The van der Waals surface area contributed by atoms with E-state index in [0.29, 0.717) is 12.8 Å². The zero-order valence-corrected chi connectivity index (χ0v) is 10.8. The fourth-order valence-corrected chi connectivity index (χ4v) is 4.93. The molecular formula is C11H10F2O6S. The van der Waals surface area contributed by atoms with Gasteiger partial charge in [0.2, 0.25) is 0 Å². The van der Waals surface area contributed by atoms with Crippen molar-refractivity contribution >= 4 is 21.9 Å². The highest BCUT2D eigenvalue weighted by molar-refractivity contribution is 7.87. The summed E-state index contributed by atoms with van der Waals surface area (Å²) < 4.78 is 60.6. The third-order valence-electron chi connectivity index (χ3n) is 5.60. The number of alkyl halides is 2. The molecule has 20 heavy (non-hydrogen) atoms. The van der Waals surface area contributed by atoms with Crippen molar-refractivity contribution in [3.63, 3.8) is 0 Å². The predicted octanol–water partition coefficient (Wildman–Crippen LogP) is 0.378. The fourth-order valence-electron chi connectivity index (χ4n) is 4.68. The van der Waals surface area contributed by atoms with Crippen molar-refractivity contribution in [3.8, 4) is 0 Å². The Morgan fingerprint density at radius 2 is 1.95 bits per heavy atom. The average Bonchev–Trinajstić information content (AvgIpc) is 2.90. The lowest BCUT2D eigenvalue weighted by molar-refractivity contribution is -0.173. The smallest absolute Gasteiger partial charge is 0.453 e. The molecule has 9 heteroatoms. The molecule has 0 aliphatic heterocycles. The molecule has 1 spiro atoms. The van der Waals surface area contributed by atoms with Crippen LogP contribution < -0.4 is 0 Å². The van der Waals surface area contributed by atoms with Crippen LogP contribution in [0.3, 0.4) is 0 Å². The largest absolute Gasteiger partial charge is 0.465 e. The maximum atomic E-state index is 13.2. The highest BCUT2D eigenvalue weighted by Gasteiger charge is 2.91. The summed E-state index contributed by atoms with van der Waals surface area (Å²) in [6, 6.07) is 0. The monoisotopic (exact) mass is 308 g/mol. The van der Waals surface area contributed by atoms with Crippen molar-refractivity contribution < 1.29 is 36.1 Å². The minimum absolute atomic E-state index is 0.0369. The molecule has 0 saturated heterocycles. The van der Waals surface area contributed by atoms with Crippen LogP contribution in [0.2, 0.25) is 0 Å². The quantitative estimate of drug-likeness (QED) is 0.598. The molecule has 0 amide bonds. The summed E-state index contributed by atoms with van der Waals surface area (Å²) in [5, 5.41) is -4.97. The molecule has 4 aliphatic rings. The summed E-state index contributed by atoms with van der Waals surface area (Å²) in [5.74, 6) is -2.35. The second kappa shape index (κ2) is 2.92. The van der Waals surface area contributed by atoms with Crippen LogP contribution in [-0.2, 0) is 24.4 Å². The standard InChI is InChI=1S/C11H10F2O6S/c12-11(13,20(16,17)18)8(15)19-10-2-5-6-4(7(5)14)1-9(6,10)3-10/h4-6H,1-3H2,(H,16,17,18). The Morgan fingerprint density at radius 3 is 2.50 bits per heavy atom. The third-order valence-corrected chi connectivity index (χ3v) is 6.42. The molecule has 0 bridgehead atoms. The van der Waals surface area contributed by atoms with Crippen molar-refractivity contribution in [2.45, 2.75) is 30.1 Å². The van der Waals surface area contributed by atoms with Gasteiger partial charge in [0.05, 0.1) is 0 Å². The zero-order chi connectivity index (χ0) is 14.7. The van der Waals surface area contributed by atoms with Crippen LogP contribution in [0.5, 0.6) is 0 Å². The highest BCUT2D eigenvalue weighted by atomic mass is 32.2. The van der Waals surface area contributed by atoms with Crippen LogP contribution in [0, 0.1) is 23.2 Å². The van der Waals surface area contributed by atoms with Gasteiger partial charge in [-0.05, 0) is 25.2 Å². The Morgan fingerprint density at radius 1 is 1.35 bits per heavy atom. The Hall–Kier alpha value is -1.09. The van der Waals surface area contributed by atoms with Crippen LogP contribution in [0.1, 0.15) is 19.3 Å². The number of ether oxygens (including phenoxy) is 1. The molecule has 0 aromatic rings. The van der Waals surface area contributed by atoms with Crippen LogP contribution in [-0.4, -0.2) is 35.6 Å². The van der Waals surface area contributed by atoms with E-state index in [9.17, 15) is 26.8 Å². The van der Waals surface area contributed by atoms with Gasteiger partial charge in [-0.2, -0.15) is 17.2 Å². The van der Waals surface area contributed by atoms with Crippen LogP contribution in [0.25, 0.3) is 0 Å². The predicted molar refractivity (Wildman–Crippen MR) is 57.1 cm³/mol. The van der Waals surface area contributed by atoms with Crippen molar-refractivity contribution in [1.82, 2.24) is 0 Å². The normalized spacial score (nSPS) is 47.8. The van der Waals surface area contributed by atoms with Gasteiger partial charge in [0.1, 0.15) is 11.4 Å². The number of carbonyl (C=O) groups is 2. The van der Waals surface area contributed by atoms with E-state index in [4.69, 9.17) is 9.29 Å². The molecule has 4 fully saturated rings. The molecule has 0 aromatic heterocycles. The highest BCUT2D eigenvalue weighted by Crippen LogP contribution is 2.87. The molecule has 4 saturated carbocycles. The van der Waals surface area contributed by atoms with E-state index in [2.05, 4.69) is 0 Å². The van der Waals surface area contributed by atoms with Crippen molar-refractivity contribution in [1.29, 1.82) is 0 Å². The van der Waals surface area contributed by atoms with E-state index in [-0.39, 0.29) is 30.0 Å². The molecule has 0 heterocycles. The van der Waals surface area contributed by atoms with Crippen molar-refractivity contribution in [2.75, 3.05) is 0 Å². The van der Waals surface area contributed by atoms with Gasteiger partial charge < -0.3 is 4.74 Å². The number of ketones is 1. The minimum Gasteiger partial charge on any atom is -0.453 e. The molecule has 4 rings (SSSR count). The number of esters is 1. The Balaban J connectivity index is 1.58. The second-order valence-corrected chi connectivity index (χ2v) is 7.72. The number of Topliss-reactive ketones (excluding diaryl/α,β-unsaturated/α-hetero) is 1. The summed E-state index contributed by atoms with van der Waals surface area (Å²) >= 11 is 0. The summed E-state index contributed by atoms with van der Waals surface area (Å²) in [7, 11) is -5.86. The third kappa shape index (κ3) is 1.05. The van der Waals surface area contributed by atoms with E-state index >= 15 is 0 Å². The zero-order valence-electron chi connectivity index (χ0n) is 10.0. The number of carbonyl (C=O) groups excluding carboxylic acids is 2. The molecule has 4 aliphatic carbocycles. The lowest BCUT2D eigenvalue weighted by Crippen LogP contribution is -2.58. The van der Waals surface area contributed by atoms with Gasteiger partial charge in [0, 0.05) is 17.3 Å². The average molecular weight is 308 g/mol. The molecule has 1 N–H and O–H groups in total. The first kappa shape index (κ1) is 12.6. The lowest BCUT2D eigenvalue weighted by atomic mass is 9.47. The molecule has 0 radical (unpaired) electrons. The van der Waals surface area contributed by atoms with Crippen molar-refractivity contribution in [2.24, 2.45) is 23.2 Å².